The number of hydrogen-bond acceptors (Lipinski definition) is 3. The van der Waals surface area contributed by atoms with Crippen LogP contribution in [0.5, 0.6) is 0 Å². The molecule has 4 aromatic rings. The number of pyridine rings is 1. The highest BCUT2D eigenvalue weighted by Crippen LogP contribution is 2.30. The fourth-order valence-electron chi connectivity index (χ4n) is 2.73. The van der Waals surface area contributed by atoms with Gasteiger partial charge in [-0.15, -0.1) is 0 Å². The maximum absolute atomic E-state index is 6.39. The van der Waals surface area contributed by atoms with Crippen molar-refractivity contribution in [3.05, 3.63) is 71.7 Å². The zero-order valence-electron chi connectivity index (χ0n) is 11.7. The Hall–Kier alpha value is -2.59. The highest BCUT2D eigenvalue weighted by atomic mass is 16.3. The molecule has 0 saturated heterocycles. The molecular weight excluding hydrogens is 262 g/mol. The molecule has 4 heteroatoms. The highest BCUT2D eigenvalue weighted by molar-refractivity contribution is 5.81. The molecule has 3 aromatic heterocycles. The Morgan fingerprint density at radius 3 is 2.95 bits per heavy atom. The maximum Gasteiger partial charge on any atom is 0.137 e. The van der Waals surface area contributed by atoms with Crippen molar-refractivity contribution in [1.82, 2.24) is 9.61 Å². The fourth-order valence-corrected chi connectivity index (χ4v) is 2.73. The molecule has 0 bridgehead atoms. The monoisotopic (exact) mass is 277 g/mol. The second-order valence-corrected chi connectivity index (χ2v) is 5.25. The van der Waals surface area contributed by atoms with Crippen LogP contribution in [0.4, 0.5) is 0 Å². The van der Waals surface area contributed by atoms with Gasteiger partial charge in [-0.2, -0.15) is 5.10 Å². The number of furan rings is 1. The Labute approximate surface area is 121 Å². The number of nitrogens with two attached hydrogens (primary N) is 1. The average Bonchev–Trinajstić information content (AvgIpc) is 3.11. The summed E-state index contributed by atoms with van der Waals surface area (Å²) in [7, 11) is 0. The molecule has 0 amide bonds. The second-order valence-electron chi connectivity index (χ2n) is 5.25. The van der Waals surface area contributed by atoms with Crippen LogP contribution in [0, 0.1) is 6.92 Å². The minimum absolute atomic E-state index is 0.323. The Kier molecular flexibility index (Phi) is 2.59. The first-order valence-corrected chi connectivity index (χ1v) is 6.91. The van der Waals surface area contributed by atoms with Crippen molar-refractivity contribution >= 4 is 16.5 Å². The molecule has 21 heavy (non-hydrogen) atoms. The van der Waals surface area contributed by atoms with E-state index in [1.165, 1.54) is 0 Å². The van der Waals surface area contributed by atoms with Crippen LogP contribution in [0.15, 0.2) is 59.3 Å². The molecule has 0 saturated carbocycles. The van der Waals surface area contributed by atoms with Crippen molar-refractivity contribution in [3.63, 3.8) is 0 Å². The average molecular weight is 277 g/mol. The zero-order chi connectivity index (χ0) is 14.4. The highest BCUT2D eigenvalue weighted by Gasteiger charge is 2.18. The molecule has 1 unspecified atom stereocenters. The Morgan fingerprint density at radius 2 is 2.10 bits per heavy atom. The largest absolute Gasteiger partial charge is 0.459 e. The lowest BCUT2D eigenvalue weighted by Gasteiger charge is -2.06. The lowest BCUT2D eigenvalue weighted by atomic mass is 10.1. The van der Waals surface area contributed by atoms with E-state index in [-0.39, 0.29) is 6.04 Å². The fraction of sp³-hybridized carbons (Fsp3) is 0.118. The number of aryl methyl sites for hydroxylation is 1. The van der Waals surface area contributed by atoms with Gasteiger partial charge < -0.3 is 10.2 Å². The van der Waals surface area contributed by atoms with E-state index in [1.54, 1.807) is 6.20 Å². The van der Waals surface area contributed by atoms with Gasteiger partial charge in [-0.25, -0.2) is 4.52 Å². The molecule has 0 aliphatic rings. The lowest BCUT2D eigenvalue weighted by molar-refractivity contribution is 0.524. The molecule has 0 radical (unpaired) electrons. The summed E-state index contributed by atoms with van der Waals surface area (Å²) in [6.45, 7) is 2.04. The van der Waals surface area contributed by atoms with Crippen LogP contribution in [-0.2, 0) is 0 Å². The molecular formula is C17H15N3O. The van der Waals surface area contributed by atoms with Crippen LogP contribution >= 0.6 is 0 Å². The third kappa shape index (κ3) is 1.84. The van der Waals surface area contributed by atoms with E-state index >= 15 is 0 Å². The van der Waals surface area contributed by atoms with Crippen LogP contribution in [0.1, 0.15) is 22.9 Å². The summed E-state index contributed by atoms with van der Waals surface area (Å²) in [6, 6.07) is 13.7. The summed E-state index contributed by atoms with van der Waals surface area (Å²) < 4.78 is 7.79. The number of hydrogen-bond donors (Lipinski definition) is 1. The van der Waals surface area contributed by atoms with Gasteiger partial charge in [0, 0.05) is 17.1 Å². The van der Waals surface area contributed by atoms with E-state index < -0.39 is 0 Å². The van der Waals surface area contributed by atoms with Crippen molar-refractivity contribution in [2.75, 3.05) is 0 Å². The zero-order valence-corrected chi connectivity index (χ0v) is 11.7. The number of fused-ring (bicyclic) bond motifs is 2. The van der Waals surface area contributed by atoms with Gasteiger partial charge in [0.15, 0.2) is 0 Å². The first kappa shape index (κ1) is 12.2. The minimum atomic E-state index is -0.323. The third-order valence-corrected chi connectivity index (χ3v) is 3.86. The Morgan fingerprint density at radius 1 is 1.19 bits per heavy atom. The summed E-state index contributed by atoms with van der Waals surface area (Å²) in [6.07, 6.45) is 3.72. The van der Waals surface area contributed by atoms with E-state index in [4.69, 9.17) is 10.2 Å². The van der Waals surface area contributed by atoms with Crippen LogP contribution in [0.2, 0.25) is 0 Å². The van der Waals surface area contributed by atoms with E-state index in [0.29, 0.717) is 0 Å². The summed E-state index contributed by atoms with van der Waals surface area (Å²) >= 11 is 0. The van der Waals surface area contributed by atoms with E-state index in [9.17, 15) is 0 Å². The second kappa shape index (κ2) is 4.46. The van der Waals surface area contributed by atoms with Gasteiger partial charge in [-0.1, -0.05) is 24.3 Å². The molecule has 1 atom stereocenters. The molecule has 0 spiro atoms. The predicted molar refractivity (Wildman–Crippen MR) is 82.2 cm³/mol. The molecule has 0 fully saturated rings. The van der Waals surface area contributed by atoms with Crippen LogP contribution in [0.3, 0.4) is 0 Å². The predicted octanol–water partition coefficient (Wildman–Crippen LogP) is 3.44. The topological polar surface area (TPSA) is 56.5 Å². The first-order valence-electron chi connectivity index (χ1n) is 6.91. The van der Waals surface area contributed by atoms with Crippen molar-refractivity contribution in [1.29, 1.82) is 0 Å². The standard InChI is InChI=1S/C17H15N3O/c1-11-5-4-6-12-9-15(21-17(11)12)16(18)13-10-19-20-8-3-2-7-14(13)20/h2-10,16H,18H2,1H3. The van der Waals surface area contributed by atoms with E-state index in [2.05, 4.69) is 5.10 Å². The Balaban J connectivity index is 1.86. The quantitative estimate of drug-likeness (QED) is 0.610. The van der Waals surface area contributed by atoms with Gasteiger partial charge >= 0.3 is 0 Å². The lowest BCUT2D eigenvalue weighted by Crippen LogP contribution is -2.10. The van der Waals surface area contributed by atoms with Gasteiger partial charge in [0.1, 0.15) is 11.3 Å². The molecule has 0 aliphatic heterocycles. The van der Waals surface area contributed by atoms with Crippen molar-refractivity contribution in [3.8, 4) is 0 Å². The third-order valence-electron chi connectivity index (χ3n) is 3.86. The van der Waals surface area contributed by atoms with Crippen molar-refractivity contribution in [2.24, 2.45) is 5.73 Å². The summed E-state index contributed by atoms with van der Waals surface area (Å²) in [5.41, 5.74) is 10.4. The molecule has 104 valence electrons. The van der Waals surface area contributed by atoms with Gasteiger partial charge in [-0.3, -0.25) is 0 Å². The van der Waals surface area contributed by atoms with Gasteiger partial charge in [0.25, 0.3) is 0 Å². The number of benzene rings is 1. The van der Waals surface area contributed by atoms with Crippen LogP contribution < -0.4 is 5.73 Å². The minimum Gasteiger partial charge on any atom is -0.459 e. The Bertz CT molecular complexity index is 935. The number of aromatic nitrogens is 2. The van der Waals surface area contributed by atoms with Gasteiger partial charge in [0.2, 0.25) is 0 Å². The van der Waals surface area contributed by atoms with Crippen molar-refractivity contribution in [2.45, 2.75) is 13.0 Å². The van der Waals surface area contributed by atoms with E-state index in [0.717, 1.165) is 33.4 Å². The van der Waals surface area contributed by atoms with Crippen LogP contribution in [0.25, 0.3) is 16.5 Å². The van der Waals surface area contributed by atoms with Crippen LogP contribution in [-0.4, -0.2) is 9.61 Å². The van der Waals surface area contributed by atoms with Gasteiger partial charge in [0.05, 0.1) is 17.8 Å². The number of rotatable bonds is 2. The molecule has 1 aromatic carbocycles. The number of para-hydroxylation sites is 1. The molecule has 4 rings (SSSR count). The van der Waals surface area contributed by atoms with E-state index in [1.807, 2.05) is 60.1 Å². The first-order chi connectivity index (χ1) is 10.2. The summed E-state index contributed by atoms with van der Waals surface area (Å²) in [5.74, 6) is 0.762. The molecule has 4 nitrogen and oxygen atoms in total. The van der Waals surface area contributed by atoms with Crippen molar-refractivity contribution < 1.29 is 4.42 Å². The molecule has 2 N–H and O–H groups in total. The maximum atomic E-state index is 6.39. The normalized spacial score (nSPS) is 13.0. The molecule has 0 aliphatic carbocycles. The summed E-state index contributed by atoms with van der Waals surface area (Å²) in [4.78, 5) is 0. The molecule has 3 heterocycles. The number of nitrogens with zero attached hydrogens (tertiary/aromatic N) is 2. The summed E-state index contributed by atoms with van der Waals surface area (Å²) in [5, 5.41) is 5.41. The SMILES string of the molecule is Cc1cccc2cc(C(N)c3cnn4ccccc34)oc12. The smallest absolute Gasteiger partial charge is 0.137 e. The van der Waals surface area contributed by atoms with Gasteiger partial charge in [-0.05, 0) is 30.7 Å².